The van der Waals surface area contributed by atoms with Crippen molar-refractivity contribution in [3.8, 4) is 0 Å². The molecule has 0 aromatic rings. The van der Waals surface area contributed by atoms with Gasteiger partial charge in [-0.25, -0.2) is 0 Å². The van der Waals surface area contributed by atoms with Crippen LogP contribution in [0.3, 0.4) is 0 Å². The summed E-state index contributed by atoms with van der Waals surface area (Å²) < 4.78 is 29.9. The van der Waals surface area contributed by atoms with Crippen LogP contribution in [0.2, 0.25) is 0 Å². The van der Waals surface area contributed by atoms with Crippen LogP contribution < -0.4 is 0 Å². The van der Waals surface area contributed by atoms with Crippen LogP contribution in [0.25, 0.3) is 0 Å². The van der Waals surface area contributed by atoms with Crippen LogP contribution >= 0.6 is 0 Å². The molecule has 2 saturated heterocycles. The van der Waals surface area contributed by atoms with Gasteiger partial charge in [0, 0.05) is 37.0 Å². The first-order valence-electron chi connectivity index (χ1n) is 12.2. The number of rotatable bonds is 4. The molecule has 186 valence electrons. The van der Waals surface area contributed by atoms with E-state index in [1.54, 1.807) is 0 Å². The van der Waals surface area contributed by atoms with Gasteiger partial charge in [-0.15, -0.1) is 0 Å². The zero-order valence-electron chi connectivity index (χ0n) is 20.7. The van der Waals surface area contributed by atoms with Gasteiger partial charge in [0.1, 0.15) is 17.8 Å². The summed E-state index contributed by atoms with van der Waals surface area (Å²) in [5.41, 5.74) is -1.93. The van der Waals surface area contributed by atoms with Crippen molar-refractivity contribution in [1.29, 1.82) is 0 Å². The predicted molar refractivity (Wildman–Crippen MR) is 117 cm³/mol. The molecule has 2 heterocycles. The fourth-order valence-corrected chi connectivity index (χ4v) is 8.05. The average Bonchev–Trinajstić information content (AvgIpc) is 3.28. The van der Waals surface area contributed by atoms with Gasteiger partial charge in [0.25, 0.3) is 6.47 Å². The van der Waals surface area contributed by atoms with Gasteiger partial charge in [-0.1, -0.05) is 27.7 Å². The van der Waals surface area contributed by atoms with Crippen LogP contribution in [0.15, 0.2) is 0 Å². The quantitative estimate of drug-likeness (QED) is 0.353. The Balaban J connectivity index is 1.74. The van der Waals surface area contributed by atoms with Crippen LogP contribution in [-0.4, -0.2) is 54.7 Å². The highest BCUT2D eigenvalue weighted by molar-refractivity contribution is 5.66. The molecule has 2 aliphatic carbocycles. The molecular weight excluding hydrogens is 428 g/mol. The van der Waals surface area contributed by atoms with E-state index in [1.165, 1.54) is 13.8 Å². The molecule has 8 atom stereocenters. The maximum absolute atomic E-state index is 11.9. The van der Waals surface area contributed by atoms with Gasteiger partial charge in [-0.3, -0.25) is 14.4 Å². The zero-order valence-corrected chi connectivity index (χ0v) is 20.7. The first-order chi connectivity index (χ1) is 15.4. The van der Waals surface area contributed by atoms with Gasteiger partial charge in [-0.05, 0) is 38.0 Å². The Labute approximate surface area is 196 Å². The third-order valence-corrected chi connectivity index (χ3v) is 9.30. The Kier molecular flexibility index (Phi) is 6.09. The van der Waals surface area contributed by atoms with Crippen molar-refractivity contribution in [2.45, 2.75) is 110 Å². The number of ether oxygens (including phenoxy) is 5. The molecule has 2 saturated carbocycles. The number of fused-ring (bicyclic) bond motifs is 2. The minimum absolute atomic E-state index is 0.0749. The van der Waals surface area contributed by atoms with Crippen molar-refractivity contribution in [3.63, 3.8) is 0 Å². The fourth-order valence-electron chi connectivity index (χ4n) is 8.05. The molecule has 8 nitrogen and oxygen atoms in total. The minimum atomic E-state index is -0.710. The highest BCUT2D eigenvalue weighted by Crippen LogP contribution is 2.69. The predicted octanol–water partition coefficient (Wildman–Crippen LogP) is 3.54. The van der Waals surface area contributed by atoms with Gasteiger partial charge >= 0.3 is 11.9 Å². The molecule has 0 amide bonds. The van der Waals surface area contributed by atoms with Crippen LogP contribution in [0.4, 0.5) is 0 Å². The van der Waals surface area contributed by atoms with E-state index in [4.69, 9.17) is 23.7 Å². The second-order valence-electron chi connectivity index (χ2n) is 11.4. The van der Waals surface area contributed by atoms with Crippen molar-refractivity contribution in [1.82, 2.24) is 0 Å². The molecule has 0 N–H and O–H groups in total. The molecule has 0 aromatic heterocycles. The van der Waals surface area contributed by atoms with E-state index < -0.39 is 22.9 Å². The van der Waals surface area contributed by atoms with Gasteiger partial charge in [0.2, 0.25) is 6.29 Å². The summed E-state index contributed by atoms with van der Waals surface area (Å²) in [4.78, 5) is 35.1. The van der Waals surface area contributed by atoms with E-state index >= 15 is 0 Å². The van der Waals surface area contributed by atoms with Crippen molar-refractivity contribution < 1.29 is 38.1 Å². The number of carbonyl (C=O) groups excluding carboxylic acids is 3. The van der Waals surface area contributed by atoms with E-state index in [0.717, 1.165) is 19.3 Å². The Morgan fingerprint density at radius 3 is 2.33 bits per heavy atom. The third kappa shape index (κ3) is 3.59. The lowest BCUT2D eigenvalue weighted by molar-refractivity contribution is -0.301. The van der Waals surface area contributed by atoms with Gasteiger partial charge in [0.05, 0.1) is 12.2 Å². The van der Waals surface area contributed by atoms with Gasteiger partial charge in [-0.2, -0.15) is 0 Å². The Bertz CT molecular complexity index is 810. The largest absolute Gasteiger partial charge is 0.464 e. The zero-order chi connectivity index (χ0) is 24.2. The van der Waals surface area contributed by atoms with E-state index in [9.17, 15) is 14.4 Å². The molecule has 2 spiro atoms. The lowest BCUT2D eigenvalue weighted by atomic mass is 9.43. The SMILES string of the molecule is CC(=O)O[C@@H]1OCC[C@@]12CC[C@@]1(O2)[C@H](C)C[C@@H](OC=O)[C@H]2C(C)(C)[C@@H](OC(C)=O)CC[C@@]21C. The maximum atomic E-state index is 11.9. The Morgan fingerprint density at radius 2 is 1.70 bits per heavy atom. The molecule has 2 aliphatic heterocycles. The van der Waals surface area contributed by atoms with Crippen LogP contribution in [-0.2, 0) is 38.1 Å². The summed E-state index contributed by atoms with van der Waals surface area (Å²) in [6.07, 6.45) is 3.09. The maximum Gasteiger partial charge on any atom is 0.305 e. The average molecular weight is 467 g/mol. The van der Waals surface area contributed by atoms with Crippen LogP contribution in [0.1, 0.15) is 80.1 Å². The van der Waals surface area contributed by atoms with Crippen molar-refractivity contribution in [2.24, 2.45) is 22.7 Å². The lowest BCUT2D eigenvalue weighted by Crippen LogP contribution is -2.69. The lowest BCUT2D eigenvalue weighted by Gasteiger charge is -2.66. The third-order valence-electron chi connectivity index (χ3n) is 9.30. The molecule has 0 bridgehead atoms. The first kappa shape index (κ1) is 24.5. The first-order valence-corrected chi connectivity index (χ1v) is 12.2. The normalized spacial score (nSPS) is 46.1. The van der Waals surface area contributed by atoms with E-state index in [1.807, 2.05) is 0 Å². The summed E-state index contributed by atoms with van der Waals surface area (Å²) in [5.74, 6) is -0.641. The molecule has 4 rings (SSSR count). The summed E-state index contributed by atoms with van der Waals surface area (Å²) in [6, 6.07) is 0. The van der Waals surface area contributed by atoms with Crippen molar-refractivity contribution in [2.75, 3.05) is 6.61 Å². The molecule has 0 radical (unpaired) electrons. The number of hydrogen-bond donors (Lipinski definition) is 0. The van der Waals surface area contributed by atoms with Crippen molar-refractivity contribution in [3.05, 3.63) is 0 Å². The van der Waals surface area contributed by atoms with Crippen LogP contribution in [0.5, 0.6) is 0 Å². The molecule has 8 heteroatoms. The topological polar surface area (TPSA) is 97.4 Å². The Hall–Kier alpha value is -1.67. The summed E-state index contributed by atoms with van der Waals surface area (Å²) in [6.45, 7) is 12.5. The van der Waals surface area contributed by atoms with Crippen LogP contribution in [0, 0.1) is 22.7 Å². The number of esters is 2. The minimum Gasteiger partial charge on any atom is -0.464 e. The second kappa shape index (κ2) is 8.22. The molecule has 33 heavy (non-hydrogen) atoms. The van der Waals surface area contributed by atoms with Gasteiger partial charge in [0.15, 0.2) is 0 Å². The van der Waals surface area contributed by atoms with E-state index in [0.29, 0.717) is 32.3 Å². The van der Waals surface area contributed by atoms with E-state index in [-0.39, 0.29) is 41.4 Å². The standard InChI is InChI=1S/C25H38O8/c1-15-13-18(30-14-26)20-22(4,5)19(31-16(2)27)7-8-23(20,6)25(15)10-9-24(33-25)11-12-29-21(24)32-17(3)28/h14-15,18-21H,7-13H2,1-6H3/t15-,18-,19+,20+,21+,23+,24+,25-/m1/s1. The molecule has 0 aromatic carbocycles. The van der Waals surface area contributed by atoms with Gasteiger partial charge < -0.3 is 23.7 Å². The van der Waals surface area contributed by atoms with E-state index in [2.05, 4.69) is 27.7 Å². The smallest absolute Gasteiger partial charge is 0.305 e. The Morgan fingerprint density at radius 1 is 1.00 bits per heavy atom. The molecular formula is C25H38O8. The summed E-state index contributed by atoms with van der Waals surface area (Å²) >= 11 is 0. The highest BCUT2D eigenvalue weighted by atomic mass is 16.7. The summed E-state index contributed by atoms with van der Waals surface area (Å²) in [5, 5.41) is 0. The molecule has 4 fully saturated rings. The molecule has 4 aliphatic rings. The summed E-state index contributed by atoms with van der Waals surface area (Å²) in [7, 11) is 0. The highest BCUT2D eigenvalue weighted by Gasteiger charge is 2.73. The second-order valence-corrected chi connectivity index (χ2v) is 11.4. The monoisotopic (exact) mass is 466 g/mol. The van der Waals surface area contributed by atoms with Crippen molar-refractivity contribution >= 4 is 18.4 Å². The number of hydrogen-bond acceptors (Lipinski definition) is 8. The number of carbonyl (C=O) groups is 3. The molecule has 0 unspecified atom stereocenters. The fraction of sp³-hybridized carbons (Fsp3) is 0.880.